The van der Waals surface area contributed by atoms with Crippen molar-refractivity contribution in [2.75, 3.05) is 11.5 Å². The number of hydrogen-bond acceptors (Lipinski definition) is 2. The molecule has 0 amide bonds. The van der Waals surface area contributed by atoms with Crippen LogP contribution in [0.3, 0.4) is 0 Å². The molecule has 1 nitrogen and oxygen atoms in total. The monoisotopic (exact) mass is 132 g/mol. The Morgan fingerprint density at radius 3 is 2.38 bits per heavy atom. The third-order valence-electron chi connectivity index (χ3n) is 1.46. The second-order valence-electron chi connectivity index (χ2n) is 2.47. The zero-order chi connectivity index (χ0) is 6.04. The zero-order valence-electron chi connectivity index (χ0n) is 5.18. The first kappa shape index (κ1) is 6.43. The van der Waals surface area contributed by atoms with Crippen LogP contribution in [0.5, 0.6) is 0 Å². The fourth-order valence-electron chi connectivity index (χ4n) is 0.947. The van der Waals surface area contributed by atoms with Crippen molar-refractivity contribution in [3.05, 3.63) is 0 Å². The summed E-state index contributed by atoms with van der Waals surface area (Å²) in [5.41, 5.74) is -0.264. The molecule has 0 unspecified atom stereocenters. The fourth-order valence-corrected chi connectivity index (χ4v) is 1.91. The molecule has 0 aromatic heterocycles. The van der Waals surface area contributed by atoms with Crippen LogP contribution in [-0.2, 0) is 0 Å². The van der Waals surface area contributed by atoms with Crippen molar-refractivity contribution in [1.82, 2.24) is 0 Å². The standard InChI is InChI=1S/C6H12OS/c1-2-3-6(7)4-8-5-6/h7H,2-5H2,1H3. The molecule has 0 atom stereocenters. The summed E-state index contributed by atoms with van der Waals surface area (Å²) in [5, 5.41) is 9.39. The van der Waals surface area contributed by atoms with Crippen molar-refractivity contribution in [2.24, 2.45) is 0 Å². The average molecular weight is 132 g/mol. The van der Waals surface area contributed by atoms with E-state index >= 15 is 0 Å². The lowest BCUT2D eigenvalue weighted by Crippen LogP contribution is -2.42. The van der Waals surface area contributed by atoms with E-state index < -0.39 is 0 Å². The highest BCUT2D eigenvalue weighted by Gasteiger charge is 2.33. The molecule has 0 spiro atoms. The van der Waals surface area contributed by atoms with Gasteiger partial charge < -0.3 is 5.11 Å². The van der Waals surface area contributed by atoms with Gasteiger partial charge in [-0.25, -0.2) is 0 Å². The van der Waals surface area contributed by atoms with Crippen molar-refractivity contribution < 1.29 is 5.11 Å². The molecular weight excluding hydrogens is 120 g/mol. The molecule has 1 N–H and O–H groups in total. The average Bonchev–Trinajstić information content (AvgIpc) is 1.64. The normalized spacial score (nSPS) is 24.8. The summed E-state index contributed by atoms with van der Waals surface area (Å²) in [7, 11) is 0. The van der Waals surface area contributed by atoms with Gasteiger partial charge in [-0.3, -0.25) is 0 Å². The molecule has 0 aromatic rings. The minimum absolute atomic E-state index is 0.264. The Balaban J connectivity index is 2.20. The maximum Gasteiger partial charge on any atom is 0.0827 e. The second kappa shape index (κ2) is 2.28. The summed E-state index contributed by atoms with van der Waals surface area (Å²) in [6.07, 6.45) is 2.09. The highest BCUT2D eigenvalue weighted by molar-refractivity contribution is 8.00. The van der Waals surface area contributed by atoms with Crippen LogP contribution in [-0.4, -0.2) is 22.2 Å². The minimum Gasteiger partial charge on any atom is -0.388 e. The molecule has 48 valence electrons. The van der Waals surface area contributed by atoms with Crippen molar-refractivity contribution >= 4 is 11.8 Å². The van der Waals surface area contributed by atoms with Gasteiger partial charge in [-0.15, -0.1) is 0 Å². The molecule has 2 heteroatoms. The zero-order valence-corrected chi connectivity index (χ0v) is 6.00. The van der Waals surface area contributed by atoms with Crippen LogP contribution in [0, 0.1) is 0 Å². The molecule has 0 bridgehead atoms. The fraction of sp³-hybridized carbons (Fsp3) is 1.00. The molecule has 0 saturated carbocycles. The van der Waals surface area contributed by atoms with Gasteiger partial charge >= 0.3 is 0 Å². The molecule has 1 aliphatic rings. The summed E-state index contributed by atoms with van der Waals surface area (Å²) in [5.74, 6) is 1.92. The number of thioether (sulfide) groups is 1. The molecule has 1 fully saturated rings. The quantitative estimate of drug-likeness (QED) is 0.610. The lowest BCUT2D eigenvalue weighted by molar-refractivity contribution is 0.0687. The SMILES string of the molecule is CCCC1(O)CSC1. The predicted molar refractivity (Wildman–Crippen MR) is 37.2 cm³/mol. The van der Waals surface area contributed by atoms with E-state index in [1.807, 2.05) is 11.8 Å². The van der Waals surface area contributed by atoms with Crippen molar-refractivity contribution in [3.8, 4) is 0 Å². The minimum atomic E-state index is -0.264. The van der Waals surface area contributed by atoms with Gasteiger partial charge in [0.25, 0.3) is 0 Å². The Hall–Kier alpha value is 0.310. The highest BCUT2D eigenvalue weighted by atomic mass is 32.2. The van der Waals surface area contributed by atoms with Crippen LogP contribution in [0.25, 0.3) is 0 Å². The summed E-state index contributed by atoms with van der Waals surface area (Å²) >= 11 is 1.83. The van der Waals surface area contributed by atoms with Gasteiger partial charge in [-0.1, -0.05) is 13.3 Å². The van der Waals surface area contributed by atoms with Crippen LogP contribution >= 0.6 is 11.8 Å². The first-order chi connectivity index (χ1) is 3.77. The van der Waals surface area contributed by atoms with Gasteiger partial charge in [0.1, 0.15) is 0 Å². The molecule has 1 saturated heterocycles. The Bertz CT molecular complexity index is 78.6. The largest absolute Gasteiger partial charge is 0.388 e. The van der Waals surface area contributed by atoms with Gasteiger partial charge in [-0.2, -0.15) is 11.8 Å². The molecule has 0 radical (unpaired) electrons. The Morgan fingerprint density at radius 1 is 1.62 bits per heavy atom. The third-order valence-corrected chi connectivity index (χ3v) is 2.94. The molecule has 1 aliphatic heterocycles. The summed E-state index contributed by atoms with van der Waals surface area (Å²) in [6.45, 7) is 2.11. The van der Waals surface area contributed by atoms with Gasteiger partial charge in [-0.05, 0) is 6.42 Å². The van der Waals surface area contributed by atoms with Gasteiger partial charge in [0, 0.05) is 11.5 Å². The summed E-state index contributed by atoms with van der Waals surface area (Å²) < 4.78 is 0. The maximum absolute atomic E-state index is 9.39. The van der Waals surface area contributed by atoms with Crippen molar-refractivity contribution in [2.45, 2.75) is 25.4 Å². The number of aliphatic hydroxyl groups is 1. The molecule has 1 rings (SSSR count). The first-order valence-corrected chi connectivity index (χ1v) is 4.22. The summed E-state index contributed by atoms with van der Waals surface area (Å²) in [4.78, 5) is 0. The van der Waals surface area contributed by atoms with E-state index in [4.69, 9.17) is 0 Å². The molecule has 8 heavy (non-hydrogen) atoms. The van der Waals surface area contributed by atoms with E-state index in [1.54, 1.807) is 0 Å². The van der Waals surface area contributed by atoms with Crippen molar-refractivity contribution in [3.63, 3.8) is 0 Å². The van der Waals surface area contributed by atoms with Crippen LogP contribution in [0.2, 0.25) is 0 Å². The van der Waals surface area contributed by atoms with Gasteiger partial charge in [0.15, 0.2) is 0 Å². The van der Waals surface area contributed by atoms with Crippen LogP contribution in [0.1, 0.15) is 19.8 Å². The van der Waals surface area contributed by atoms with E-state index in [9.17, 15) is 5.11 Å². The van der Waals surface area contributed by atoms with Crippen LogP contribution in [0.15, 0.2) is 0 Å². The van der Waals surface area contributed by atoms with Crippen LogP contribution < -0.4 is 0 Å². The van der Waals surface area contributed by atoms with Gasteiger partial charge in [0.2, 0.25) is 0 Å². The lowest BCUT2D eigenvalue weighted by Gasteiger charge is -2.35. The van der Waals surface area contributed by atoms with Gasteiger partial charge in [0.05, 0.1) is 5.60 Å². The molecular formula is C6H12OS. The number of hydrogen-bond donors (Lipinski definition) is 1. The Labute approximate surface area is 54.5 Å². The van der Waals surface area contributed by atoms with E-state index in [0.717, 1.165) is 24.3 Å². The first-order valence-electron chi connectivity index (χ1n) is 3.07. The smallest absolute Gasteiger partial charge is 0.0827 e. The van der Waals surface area contributed by atoms with E-state index in [1.165, 1.54) is 0 Å². The van der Waals surface area contributed by atoms with E-state index in [-0.39, 0.29) is 5.60 Å². The summed E-state index contributed by atoms with van der Waals surface area (Å²) in [6, 6.07) is 0. The molecule has 1 heterocycles. The maximum atomic E-state index is 9.39. The van der Waals surface area contributed by atoms with E-state index in [2.05, 4.69) is 6.92 Å². The predicted octanol–water partition coefficient (Wildman–Crippen LogP) is 1.26. The molecule has 0 aromatic carbocycles. The van der Waals surface area contributed by atoms with E-state index in [0.29, 0.717) is 0 Å². The second-order valence-corrected chi connectivity index (χ2v) is 3.45. The van der Waals surface area contributed by atoms with Crippen LogP contribution in [0.4, 0.5) is 0 Å². The van der Waals surface area contributed by atoms with Crippen molar-refractivity contribution in [1.29, 1.82) is 0 Å². The lowest BCUT2D eigenvalue weighted by atomic mass is 10.0. The molecule has 0 aliphatic carbocycles. The Morgan fingerprint density at radius 2 is 2.25 bits per heavy atom. The highest BCUT2D eigenvalue weighted by Crippen LogP contribution is 2.32. The number of rotatable bonds is 2. The third kappa shape index (κ3) is 1.17. The Kier molecular flexibility index (Phi) is 1.83. The topological polar surface area (TPSA) is 20.2 Å².